The summed E-state index contributed by atoms with van der Waals surface area (Å²) in [6.07, 6.45) is 1.30. The molecule has 4 rings (SSSR count). The first-order valence-electron chi connectivity index (χ1n) is 11.5. The van der Waals surface area contributed by atoms with Crippen molar-refractivity contribution in [1.82, 2.24) is 9.80 Å². The van der Waals surface area contributed by atoms with Crippen molar-refractivity contribution in [2.75, 3.05) is 19.8 Å². The summed E-state index contributed by atoms with van der Waals surface area (Å²) < 4.78 is 18.1. The third kappa shape index (κ3) is 5.59. The highest BCUT2D eigenvalue weighted by Crippen LogP contribution is 2.34. The van der Waals surface area contributed by atoms with Gasteiger partial charge in [0.15, 0.2) is 0 Å². The molecule has 1 fully saturated rings. The second kappa shape index (κ2) is 11.6. The van der Waals surface area contributed by atoms with Crippen molar-refractivity contribution in [2.45, 2.75) is 51.6 Å². The highest BCUT2D eigenvalue weighted by Gasteiger charge is 2.46. The fraction of sp³-hybridized carbons (Fsp3) is 0.423. The number of ether oxygens (including phenoxy) is 1. The summed E-state index contributed by atoms with van der Waals surface area (Å²) in [7, 11) is 0. The monoisotopic (exact) mass is 454 g/mol. The number of rotatable bonds is 6. The predicted octanol–water partition coefficient (Wildman–Crippen LogP) is 4.48. The molecule has 2 aromatic rings. The fourth-order valence-electron chi connectivity index (χ4n) is 4.19. The highest BCUT2D eigenvalue weighted by atomic mass is 19.1. The molecule has 0 bridgehead atoms. The Hall–Kier alpha value is -3.22. The van der Waals surface area contributed by atoms with Crippen molar-refractivity contribution in [3.63, 3.8) is 0 Å². The van der Waals surface area contributed by atoms with Gasteiger partial charge in [-0.1, -0.05) is 74.9 Å². The van der Waals surface area contributed by atoms with Gasteiger partial charge in [-0.05, 0) is 29.5 Å². The average molecular weight is 455 g/mol. The van der Waals surface area contributed by atoms with E-state index in [2.05, 4.69) is 13.8 Å². The Bertz CT molecular complexity index is 966. The number of carbonyl (C=O) groups excluding carboxylic acids is 3. The standard InChI is InChI=1S/C23H23FN2O4.C3H8/c24-11-6-12-25-20(27)14-17-9-4-5-10-19(17)21(25)22(28)26-18(15-30-23(26)29)13-16-7-2-1-3-8-16;1-3-2/h1-5,7-10,18,21H,6,11-15H2;3H2,1-2H3/t18-,21-;/m0./s1. The second-order valence-electron chi connectivity index (χ2n) is 8.24. The van der Waals surface area contributed by atoms with Crippen LogP contribution in [-0.4, -0.2) is 53.6 Å². The Morgan fingerprint density at radius 1 is 1.06 bits per heavy atom. The number of nitrogens with zero attached hydrogens (tertiary/aromatic N) is 2. The molecule has 0 spiro atoms. The van der Waals surface area contributed by atoms with Crippen LogP contribution in [0.4, 0.5) is 9.18 Å². The number of imide groups is 1. The molecule has 2 atom stereocenters. The molecule has 2 heterocycles. The van der Waals surface area contributed by atoms with E-state index in [1.165, 1.54) is 11.3 Å². The lowest BCUT2D eigenvalue weighted by atomic mass is 9.90. The number of hydrogen-bond acceptors (Lipinski definition) is 4. The molecule has 176 valence electrons. The Labute approximate surface area is 194 Å². The molecule has 6 nitrogen and oxygen atoms in total. The predicted molar refractivity (Wildman–Crippen MR) is 123 cm³/mol. The van der Waals surface area contributed by atoms with E-state index < -0.39 is 30.8 Å². The number of fused-ring (bicyclic) bond motifs is 1. The van der Waals surface area contributed by atoms with Crippen LogP contribution in [0.3, 0.4) is 0 Å². The topological polar surface area (TPSA) is 66.9 Å². The van der Waals surface area contributed by atoms with Gasteiger partial charge in [0.25, 0.3) is 5.91 Å². The van der Waals surface area contributed by atoms with Crippen LogP contribution in [0.1, 0.15) is 49.4 Å². The van der Waals surface area contributed by atoms with Gasteiger partial charge in [0.05, 0.1) is 19.1 Å². The van der Waals surface area contributed by atoms with E-state index in [-0.39, 0.29) is 31.9 Å². The Kier molecular flexibility index (Phi) is 8.58. The smallest absolute Gasteiger partial charge is 0.417 e. The molecule has 0 unspecified atom stereocenters. The lowest BCUT2D eigenvalue weighted by Gasteiger charge is -2.38. The number of cyclic esters (lactones) is 1. The third-order valence-electron chi connectivity index (χ3n) is 5.60. The number of benzene rings is 2. The van der Waals surface area contributed by atoms with Crippen LogP contribution in [0, 0.1) is 0 Å². The fourth-order valence-corrected chi connectivity index (χ4v) is 4.19. The molecule has 1 saturated heterocycles. The molecule has 0 N–H and O–H groups in total. The molecule has 3 amide bonds. The van der Waals surface area contributed by atoms with E-state index in [9.17, 15) is 18.8 Å². The van der Waals surface area contributed by atoms with Gasteiger partial charge < -0.3 is 9.64 Å². The second-order valence-corrected chi connectivity index (χ2v) is 8.24. The largest absolute Gasteiger partial charge is 0.447 e. The maximum absolute atomic E-state index is 13.6. The number of halogens is 1. The number of hydrogen-bond donors (Lipinski definition) is 0. The lowest BCUT2D eigenvalue weighted by Crippen LogP contribution is -2.51. The molecule has 0 aliphatic carbocycles. The van der Waals surface area contributed by atoms with Crippen molar-refractivity contribution < 1.29 is 23.5 Å². The quantitative estimate of drug-likeness (QED) is 0.646. The first-order chi connectivity index (χ1) is 16.0. The molecule has 2 aliphatic heterocycles. The summed E-state index contributed by atoms with van der Waals surface area (Å²) in [5, 5.41) is 0. The Morgan fingerprint density at radius 3 is 2.42 bits per heavy atom. The minimum atomic E-state index is -0.960. The van der Waals surface area contributed by atoms with Gasteiger partial charge >= 0.3 is 6.09 Å². The minimum absolute atomic E-state index is 0.103. The summed E-state index contributed by atoms with van der Waals surface area (Å²) in [5.74, 6) is -0.745. The molecular formula is C26H31FN2O4. The Morgan fingerprint density at radius 2 is 1.73 bits per heavy atom. The van der Waals surface area contributed by atoms with Crippen molar-refractivity contribution in [1.29, 1.82) is 0 Å². The highest BCUT2D eigenvalue weighted by molar-refractivity contribution is 6.00. The first-order valence-corrected chi connectivity index (χ1v) is 11.5. The van der Waals surface area contributed by atoms with Crippen LogP contribution in [-0.2, 0) is 27.2 Å². The zero-order valence-electron chi connectivity index (χ0n) is 19.2. The van der Waals surface area contributed by atoms with E-state index in [0.29, 0.717) is 12.0 Å². The van der Waals surface area contributed by atoms with Crippen LogP contribution < -0.4 is 0 Å². The van der Waals surface area contributed by atoms with Gasteiger partial charge in [-0.15, -0.1) is 0 Å². The van der Waals surface area contributed by atoms with Gasteiger partial charge in [-0.25, -0.2) is 9.69 Å². The molecule has 2 aromatic carbocycles. The first kappa shape index (κ1) is 24.4. The van der Waals surface area contributed by atoms with Gasteiger partial charge in [-0.3, -0.25) is 14.0 Å². The van der Waals surface area contributed by atoms with Crippen LogP contribution >= 0.6 is 0 Å². The van der Waals surface area contributed by atoms with Crippen molar-refractivity contribution in [2.24, 2.45) is 0 Å². The summed E-state index contributed by atoms with van der Waals surface area (Å²) in [4.78, 5) is 41.4. The van der Waals surface area contributed by atoms with Crippen molar-refractivity contribution in [3.8, 4) is 0 Å². The van der Waals surface area contributed by atoms with Crippen LogP contribution in [0.25, 0.3) is 0 Å². The SMILES string of the molecule is CCC.O=C1Cc2ccccc2[C@@H](C(=O)N2C(=O)OC[C@@H]2Cc2ccccc2)N1CCCF. The number of amides is 3. The van der Waals surface area contributed by atoms with E-state index in [1.807, 2.05) is 42.5 Å². The van der Waals surface area contributed by atoms with Crippen LogP contribution in [0.15, 0.2) is 54.6 Å². The van der Waals surface area contributed by atoms with E-state index in [4.69, 9.17) is 4.74 Å². The average Bonchev–Trinajstić information content (AvgIpc) is 3.18. The zero-order valence-corrected chi connectivity index (χ0v) is 19.2. The van der Waals surface area contributed by atoms with Gasteiger partial charge in [-0.2, -0.15) is 0 Å². The van der Waals surface area contributed by atoms with Crippen LogP contribution in [0.2, 0.25) is 0 Å². The molecular weight excluding hydrogens is 423 g/mol. The van der Waals surface area contributed by atoms with E-state index in [0.717, 1.165) is 16.0 Å². The zero-order chi connectivity index (χ0) is 23.8. The molecule has 2 aliphatic rings. The maximum Gasteiger partial charge on any atom is 0.417 e. The minimum Gasteiger partial charge on any atom is -0.447 e. The summed E-state index contributed by atoms with van der Waals surface area (Å²) >= 11 is 0. The van der Waals surface area contributed by atoms with E-state index in [1.54, 1.807) is 12.1 Å². The number of alkyl halides is 1. The third-order valence-corrected chi connectivity index (χ3v) is 5.60. The molecule has 0 saturated carbocycles. The van der Waals surface area contributed by atoms with E-state index >= 15 is 0 Å². The Balaban J connectivity index is 0.000000968. The van der Waals surface area contributed by atoms with Crippen LogP contribution in [0.5, 0.6) is 0 Å². The molecule has 0 radical (unpaired) electrons. The summed E-state index contributed by atoms with van der Waals surface area (Å²) in [5.41, 5.74) is 2.41. The molecule has 33 heavy (non-hydrogen) atoms. The van der Waals surface area contributed by atoms with Crippen molar-refractivity contribution in [3.05, 3.63) is 71.3 Å². The normalized spacial score (nSPS) is 19.5. The number of carbonyl (C=O) groups is 3. The van der Waals surface area contributed by atoms with Gasteiger partial charge in [0, 0.05) is 6.54 Å². The lowest BCUT2D eigenvalue weighted by molar-refractivity contribution is -0.146. The van der Waals surface area contributed by atoms with Gasteiger partial charge in [0.2, 0.25) is 5.91 Å². The molecule has 0 aromatic heterocycles. The molecule has 7 heteroatoms. The van der Waals surface area contributed by atoms with Gasteiger partial charge in [0.1, 0.15) is 12.6 Å². The van der Waals surface area contributed by atoms with Crippen molar-refractivity contribution >= 4 is 17.9 Å². The summed E-state index contributed by atoms with van der Waals surface area (Å²) in [6.45, 7) is 3.88. The maximum atomic E-state index is 13.6. The summed E-state index contributed by atoms with van der Waals surface area (Å²) in [6, 6.07) is 15.3.